The van der Waals surface area contributed by atoms with E-state index >= 15 is 0 Å². The highest BCUT2D eigenvalue weighted by Crippen LogP contribution is 2.23. The highest BCUT2D eigenvalue weighted by Gasteiger charge is 2.16. The van der Waals surface area contributed by atoms with Gasteiger partial charge in [-0.2, -0.15) is 0 Å². The lowest BCUT2D eigenvalue weighted by molar-refractivity contribution is -0.384. The van der Waals surface area contributed by atoms with Crippen LogP contribution in [0.15, 0.2) is 42.5 Å². The highest BCUT2D eigenvalue weighted by atomic mass is 35.5. The number of nitrogens with zero attached hydrogens (tertiary/aromatic N) is 1. The fourth-order valence-electron chi connectivity index (χ4n) is 1.62. The molecule has 1 amide bonds. The molecule has 102 valence electrons. The minimum Gasteiger partial charge on any atom is -0.399 e. The summed E-state index contributed by atoms with van der Waals surface area (Å²) in [4.78, 5) is 22.2. The van der Waals surface area contributed by atoms with Crippen LogP contribution in [0.5, 0.6) is 0 Å². The minimum absolute atomic E-state index is 0.0308. The SMILES string of the molecule is Nc1cccc(NC(=O)c2cc([N+](=O)[O-])ccc2Cl)c1. The van der Waals surface area contributed by atoms with Crippen molar-refractivity contribution in [1.29, 1.82) is 0 Å². The zero-order valence-electron chi connectivity index (χ0n) is 10.2. The van der Waals surface area contributed by atoms with E-state index in [1.807, 2.05) is 0 Å². The molecule has 0 atom stereocenters. The first-order valence-electron chi connectivity index (χ1n) is 5.58. The Bertz CT molecular complexity index is 688. The first-order valence-corrected chi connectivity index (χ1v) is 5.96. The Kier molecular flexibility index (Phi) is 3.86. The third-order valence-electron chi connectivity index (χ3n) is 2.55. The first-order chi connectivity index (χ1) is 9.47. The molecule has 2 aromatic carbocycles. The Morgan fingerprint density at radius 3 is 2.65 bits per heavy atom. The third-order valence-corrected chi connectivity index (χ3v) is 2.88. The maximum atomic E-state index is 12.1. The second-order valence-corrected chi connectivity index (χ2v) is 4.41. The molecule has 7 heteroatoms. The molecule has 0 aliphatic rings. The fourth-order valence-corrected chi connectivity index (χ4v) is 1.82. The average Bonchev–Trinajstić information content (AvgIpc) is 2.38. The summed E-state index contributed by atoms with van der Waals surface area (Å²) < 4.78 is 0. The van der Waals surface area contributed by atoms with Crippen LogP contribution in [-0.4, -0.2) is 10.8 Å². The number of halogens is 1. The summed E-state index contributed by atoms with van der Waals surface area (Å²) in [6.07, 6.45) is 0. The van der Waals surface area contributed by atoms with E-state index in [-0.39, 0.29) is 16.3 Å². The zero-order chi connectivity index (χ0) is 14.7. The molecule has 0 aliphatic carbocycles. The van der Waals surface area contributed by atoms with Crippen LogP contribution in [0.2, 0.25) is 5.02 Å². The van der Waals surface area contributed by atoms with E-state index < -0.39 is 10.8 Å². The maximum absolute atomic E-state index is 12.1. The molecule has 0 radical (unpaired) electrons. The van der Waals surface area contributed by atoms with Crippen molar-refractivity contribution in [2.75, 3.05) is 11.1 Å². The molecule has 0 aliphatic heterocycles. The summed E-state index contributed by atoms with van der Waals surface area (Å²) in [6, 6.07) is 10.3. The van der Waals surface area contributed by atoms with Gasteiger partial charge in [0.25, 0.3) is 11.6 Å². The van der Waals surface area contributed by atoms with Crippen LogP contribution in [0.4, 0.5) is 17.1 Å². The van der Waals surface area contributed by atoms with Gasteiger partial charge in [0, 0.05) is 23.5 Å². The van der Waals surface area contributed by atoms with Gasteiger partial charge < -0.3 is 11.1 Å². The lowest BCUT2D eigenvalue weighted by atomic mass is 10.2. The number of rotatable bonds is 3. The Morgan fingerprint density at radius 2 is 2.00 bits per heavy atom. The minimum atomic E-state index is -0.590. The monoisotopic (exact) mass is 291 g/mol. The molecule has 0 unspecified atom stereocenters. The summed E-state index contributed by atoms with van der Waals surface area (Å²) in [5.74, 6) is -0.538. The van der Waals surface area contributed by atoms with E-state index in [1.165, 1.54) is 12.1 Å². The molecule has 2 aromatic rings. The van der Waals surface area contributed by atoms with E-state index in [1.54, 1.807) is 24.3 Å². The van der Waals surface area contributed by atoms with Crippen LogP contribution in [0.1, 0.15) is 10.4 Å². The predicted molar refractivity (Wildman–Crippen MR) is 76.9 cm³/mol. The van der Waals surface area contributed by atoms with Crippen LogP contribution < -0.4 is 11.1 Å². The number of non-ortho nitro benzene ring substituents is 1. The van der Waals surface area contributed by atoms with Crippen molar-refractivity contribution < 1.29 is 9.72 Å². The predicted octanol–water partition coefficient (Wildman–Crippen LogP) is 3.08. The molecule has 0 aromatic heterocycles. The van der Waals surface area contributed by atoms with Crippen LogP contribution in [-0.2, 0) is 0 Å². The summed E-state index contributed by atoms with van der Waals surface area (Å²) in [5, 5.41) is 13.4. The molecule has 0 spiro atoms. The van der Waals surface area contributed by atoms with Gasteiger partial charge in [0.1, 0.15) is 0 Å². The number of amides is 1. The second-order valence-electron chi connectivity index (χ2n) is 4.00. The molecule has 0 bridgehead atoms. The Hall–Kier alpha value is -2.60. The molecule has 3 N–H and O–H groups in total. The smallest absolute Gasteiger partial charge is 0.270 e. The van der Waals surface area contributed by atoms with Gasteiger partial charge in [0.15, 0.2) is 0 Å². The van der Waals surface area contributed by atoms with Crippen molar-refractivity contribution in [2.45, 2.75) is 0 Å². The number of nitrogens with two attached hydrogens (primary N) is 1. The molecule has 2 rings (SSSR count). The van der Waals surface area contributed by atoms with Crippen molar-refractivity contribution in [3.05, 3.63) is 63.2 Å². The van der Waals surface area contributed by atoms with E-state index in [4.69, 9.17) is 17.3 Å². The van der Waals surface area contributed by atoms with Crippen LogP contribution in [0.3, 0.4) is 0 Å². The normalized spacial score (nSPS) is 10.1. The molecule has 0 saturated heterocycles. The zero-order valence-corrected chi connectivity index (χ0v) is 10.9. The average molecular weight is 292 g/mol. The number of nitro benzene ring substituents is 1. The number of nitrogen functional groups attached to an aromatic ring is 1. The molecular formula is C13H10ClN3O3. The van der Waals surface area contributed by atoms with Gasteiger partial charge in [-0.1, -0.05) is 17.7 Å². The number of nitro groups is 1. The third kappa shape index (κ3) is 3.04. The topological polar surface area (TPSA) is 98.3 Å². The largest absolute Gasteiger partial charge is 0.399 e. The number of carbonyl (C=O) groups excluding carboxylic acids is 1. The molecule has 6 nitrogen and oxygen atoms in total. The van der Waals surface area contributed by atoms with Crippen molar-refractivity contribution in [3.63, 3.8) is 0 Å². The molecule has 0 saturated carbocycles. The Morgan fingerprint density at radius 1 is 1.25 bits per heavy atom. The van der Waals surface area contributed by atoms with Crippen LogP contribution in [0, 0.1) is 10.1 Å². The lowest BCUT2D eigenvalue weighted by Gasteiger charge is -2.07. The standard InChI is InChI=1S/C13H10ClN3O3/c14-12-5-4-10(17(19)20)7-11(12)13(18)16-9-3-1-2-8(15)6-9/h1-7H,15H2,(H,16,18). The first kappa shape index (κ1) is 13.8. The summed E-state index contributed by atoms with van der Waals surface area (Å²) in [5.41, 5.74) is 6.41. The quantitative estimate of drug-likeness (QED) is 0.516. The maximum Gasteiger partial charge on any atom is 0.270 e. The molecular weight excluding hydrogens is 282 g/mol. The second kappa shape index (κ2) is 5.58. The number of nitrogens with one attached hydrogen (secondary N) is 1. The van der Waals surface area contributed by atoms with Gasteiger partial charge in [0.05, 0.1) is 15.5 Å². The molecule has 0 heterocycles. The number of anilines is 2. The van der Waals surface area contributed by atoms with Crippen molar-refractivity contribution >= 4 is 34.6 Å². The van der Waals surface area contributed by atoms with E-state index in [2.05, 4.69) is 5.32 Å². The van der Waals surface area contributed by atoms with Gasteiger partial charge in [-0.15, -0.1) is 0 Å². The lowest BCUT2D eigenvalue weighted by Crippen LogP contribution is -2.13. The Labute approximate surface area is 119 Å². The molecule has 20 heavy (non-hydrogen) atoms. The van der Waals surface area contributed by atoms with Gasteiger partial charge in [-0.25, -0.2) is 0 Å². The van der Waals surface area contributed by atoms with Crippen molar-refractivity contribution in [3.8, 4) is 0 Å². The van der Waals surface area contributed by atoms with Gasteiger partial charge in [0.2, 0.25) is 0 Å². The van der Waals surface area contributed by atoms with Gasteiger partial charge in [-0.05, 0) is 24.3 Å². The summed E-state index contributed by atoms with van der Waals surface area (Å²) in [6.45, 7) is 0. The summed E-state index contributed by atoms with van der Waals surface area (Å²) >= 11 is 5.89. The van der Waals surface area contributed by atoms with E-state index in [0.717, 1.165) is 6.07 Å². The molecule has 0 fully saturated rings. The summed E-state index contributed by atoms with van der Waals surface area (Å²) in [7, 11) is 0. The number of carbonyl (C=O) groups is 1. The van der Waals surface area contributed by atoms with E-state index in [0.29, 0.717) is 11.4 Å². The van der Waals surface area contributed by atoms with Crippen molar-refractivity contribution in [1.82, 2.24) is 0 Å². The number of hydrogen-bond acceptors (Lipinski definition) is 4. The van der Waals surface area contributed by atoms with Gasteiger partial charge in [-0.3, -0.25) is 14.9 Å². The van der Waals surface area contributed by atoms with Crippen LogP contribution in [0.25, 0.3) is 0 Å². The van der Waals surface area contributed by atoms with Gasteiger partial charge >= 0.3 is 0 Å². The van der Waals surface area contributed by atoms with Crippen molar-refractivity contribution in [2.24, 2.45) is 0 Å². The number of benzene rings is 2. The number of hydrogen-bond donors (Lipinski definition) is 2. The van der Waals surface area contributed by atoms with E-state index in [9.17, 15) is 14.9 Å². The Balaban J connectivity index is 2.29. The highest BCUT2D eigenvalue weighted by molar-refractivity contribution is 6.34. The fraction of sp³-hybridized carbons (Fsp3) is 0. The van der Waals surface area contributed by atoms with Crippen LogP contribution >= 0.6 is 11.6 Å².